The van der Waals surface area contributed by atoms with E-state index in [1.807, 2.05) is 0 Å². The van der Waals surface area contributed by atoms with Crippen molar-refractivity contribution in [3.05, 3.63) is 47.3 Å². The standard InChI is InChI=1S/C16H15F4NO/c17-14-6-12(5-13(7-14)16(18,19)20)15(22)21-8-10-3-1-2-4-11(10)9-21/h1-2,5-7,10-11H,3-4,8-9H2/t10-,11-/m0/s1. The van der Waals surface area contributed by atoms with Crippen molar-refractivity contribution in [2.75, 3.05) is 13.1 Å². The number of alkyl halides is 3. The highest BCUT2D eigenvalue weighted by Crippen LogP contribution is 2.34. The lowest BCUT2D eigenvalue weighted by molar-refractivity contribution is -0.137. The molecular formula is C16H15F4NO. The van der Waals surface area contributed by atoms with E-state index in [1.54, 1.807) is 0 Å². The Hall–Kier alpha value is -1.85. The summed E-state index contributed by atoms with van der Waals surface area (Å²) in [4.78, 5) is 13.9. The van der Waals surface area contributed by atoms with Gasteiger partial charge in [0, 0.05) is 18.7 Å². The number of nitrogens with zero attached hydrogens (tertiary/aromatic N) is 1. The van der Waals surface area contributed by atoms with E-state index in [1.165, 1.54) is 4.90 Å². The predicted octanol–water partition coefficient (Wildman–Crippen LogP) is 3.88. The molecule has 3 rings (SSSR count). The molecule has 1 aromatic carbocycles. The summed E-state index contributed by atoms with van der Waals surface area (Å²) in [5, 5.41) is 0. The molecule has 0 radical (unpaired) electrons. The number of carbonyl (C=O) groups is 1. The molecule has 1 aromatic rings. The van der Waals surface area contributed by atoms with Gasteiger partial charge in [0.25, 0.3) is 5.91 Å². The maximum atomic E-state index is 13.4. The summed E-state index contributed by atoms with van der Waals surface area (Å²) in [5.41, 5.74) is -1.37. The van der Waals surface area contributed by atoms with Crippen molar-refractivity contribution >= 4 is 5.91 Å². The lowest BCUT2D eigenvalue weighted by Gasteiger charge is -2.17. The molecule has 0 saturated carbocycles. The van der Waals surface area contributed by atoms with E-state index in [0.717, 1.165) is 25.0 Å². The van der Waals surface area contributed by atoms with Crippen LogP contribution in [0.5, 0.6) is 0 Å². The Labute approximate surface area is 125 Å². The average Bonchev–Trinajstić information content (AvgIpc) is 2.88. The molecule has 1 amide bonds. The fraction of sp³-hybridized carbons (Fsp3) is 0.438. The third-order valence-electron chi connectivity index (χ3n) is 4.38. The van der Waals surface area contributed by atoms with Gasteiger partial charge in [-0.05, 0) is 42.9 Å². The Bertz CT molecular complexity index is 607. The van der Waals surface area contributed by atoms with Crippen LogP contribution in [0.4, 0.5) is 17.6 Å². The summed E-state index contributed by atoms with van der Waals surface area (Å²) in [6.45, 7) is 1.04. The lowest BCUT2D eigenvalue weighted by Crippen LogP contribution is -2.29. The van der Waals surface area contributed by atoms with Crippen LogP contribution in [0.1, 0.15) is 28.8 Å². The number of hydrogen-bond donors (Lipinski definition) is 0. The van der Waals surface area contributed by atoms with Crippen molar-refractivity contribution in [3.63, 3.8) is 0 Å². The Morgan fingerprint density at radius 2 is 1.64 bits per heavy atom. The fourth-order valence-corrected chi connectivity index (χ4v) is 3.24. The van der Waals surface area contributed by atoms with Crippen LogP contribution in [0.2, 0.25) is 0 Å². The molecule has 2 atom stereocenters. The Morgan fingerprint density at radius 1 is 1.05 bits per heavy atom. The van der Waals surface area contributed by atoms with E-state index in [4.69, 9.17) is 0 Å². The zero-order valence-corrected chi connectivity index (χ0v) is 11.7. The summed E-state index contributed by atoms with van der Waals surface area (Å²) >= 11 is 0. The zero-order valence-electron chi connectivity index (χ0n) is 11.7. The molecule has 1 aliphatic heterocycles. The molecule has 2 aliphatic rings. The third kappa shape index (κ3) is 2.87. The van der Waals surface area contributed by atoms with Gasteiger partial charge in [-0.2, -0.15) is 13.2 Å². The SMILES string of the molecule is O=C(c1cc(F)cc(C(F)(F)F)c1)N1C[C@@H]2CC=CC[C@H]2C1. The van der Waals surface area contributed by atoms with Crippen molar-refractivity contribution in [2.45, 2.75) is 19.0 Å². The van der Waals surface area contributed by atoms with Crippen molar-refractivity contribution in [1.82, 2.24) is 4.90 Å². The number of carbonyl (C=O) groups excluding carboxylic acids is 1. The van der Waals surface area contributed by atoms with Gasteiger partial charge in [0.2, 0.25) is 0 Å². The van der Waals surface area contributed by atoms with Crippen LogP contribution < -0.4 is 0 Å². The van der Waals surface area contributed by atoms with Gasteiger partial charge in [0.05, 0.1) is 5.56 Å². The quantitative estimate of drug-likeness (QED) is 0.569. The van der Waals surface area contributed by atoms with Crippen LogP contribution in [0.25, 0.3) is 0 Å². The van der Waals surface area contributed by atoms with Gasteiger partial charge in [0.15, 0.2) is 0 Å². The lowest BCUT2D eigenvalue weighted by atomic mass is 9.86. The molecule has 2 nitrogen and oxygen atoms in total. The first kappa shape index (κ1) is 15.1. The van der Waals surface area contributed by atoms with Gasteiger partial charge in [-0.25, -0.2) is 4.39 Å². The first-order valence-electron chi connectivity index (χ1n) is 7.16. The van der Waals surface area contributed by atoms with Crippen molar-refractivity contribution < 1.29 is 22.4 Å². The topological polar surface area (TPSA) is 20.3 Å². The second-order valence-electron chi connectivity index (χ2n) is 5.90. The van der Waals surface area contributed by atoms with Gasteiger partial charge in [-0.1, -0.05) is 12.2 Å². The monoisotopic (exact) mass is 313 g/mol. The Morgan fingerprint density at radius 3 is 2.18 bits per heavy atom. The van der Waals surface area contributed by atoms with Gasteiger partial charge >= 0.3 is 6.18 Å². The predicted molar refractivity (Wildman–Crippen MR) is 72.7 cm³/mol. The number of fused-ring (bicyclic) bond motifs is 1. The minimum absolute atomic E-state index is 0.237. The number of benzene rings is 1. The van der Waals surface area contributed by atoms with E-state index in [9.17, 15) is 22.4 Å². The van der Waals surface area contributed by atoms with Crippen molar-refractivity contribution in [2.24, 2.45) is 11.8 Å². The van der Waals surface area contributed by atoms with Crippen LogP contribution in [0, 0.1) is 17.7 Å². The van der Waals surface area contributed by atoms with Gasteiger partial charge < -0.3 is 4.90 Å². The first-order valence-corrected chi connectivity index (χ1v) is 7.16. The molecule has 22 heavy (non-hydrogen) atoms. The Balaban J connectivity index is 1.82. The minimum atomic E-state index is -4.67. The van der Waals surface area contributed by atoms with Gasteiger partial charge in [-0.3, -0.25) is 4.79 Å². The van der Waals surface area contributed by atoms with E-state index in [-0.39, 0.29) is 5.56 Å². The summed E-state index contributed by atoms with van der Waals surface area (Å²) < 4.78 is 51.6. The number of likely N-dealkylation sites (tertiary alicyclic amines) is 1. The number of halogens is 4. The third-order valence-corrected chi connectivity index (χ3v) is 4.38. The van der Waals surface area contributed by atoms with E-state index in [2.05, 4.69) is 12.2 Å². The molecule has 0 bridgehead atoms. The fourth-order valence-electron chi connectivity index (χ4n) is 3.24. The van der Waals surface area contributed by atoms with E-state index in [0.29, 0.717) is 31.0 Å². The Kier molecular flexibility index (Phi) is 3.70. The molecule has 0 N–H and O–H groups in total. The molecule has 1 fully saturated rings. The highest BCUT2D eigenvalue weighted by atomic mass is 19.4. The van der Waals surface area contributed by atoms with Crippen LogP contribution in [-0.4, -0.2) is 23.9 Å². The molecule has 118 valence electrons. The minimum Gasteiger partial charge on any atom is -0.338 e. The maximum Gasteiger partial charge on any atom is 0.416 e. The number of hydrogen-bond acceptors (Lipinski definition) is 1. The molecule has 0 spiro atoms. The first-order chi connectivity index (χ1) is 10.3. The van der Waals surface area contributed by atoms with Crippen LogP contribution in [-0.2, 0) is 6.18 Å². The largest absolute Gasteiger partial charge is 0.416 e. The molecular weight excluding hydrogens is 298 g/mol. The van der Waals surface area contributed by atoms with Crippen molar-refractivity contribution in [3.8, 4) is 0 Å². The summed E-state index contributed by atoms with van der Waals surface area (Å²) in [6.07, 6.45) is 1.23. The second kappa shape index (κ2) is 5.41. The van der Waals surface area contributed by atoms with Crippen LogP contribution >= 0.6 is 0 Å². The molecule has 6 heteroatoms. The molecule has 0 unspecified atom stereocenters. The van der Waals surface area contributed by atoms with Crippen LogP contribution in [0.3, 0.4) is 0 Å². The summed E-state index contributed by atoms with van der Waals surface area (Å²) in [7, 11) is 0. The molecule has 1 aliphatic carbocycles. The van der Waals surface area contributed by atoms with Gasteiger partial charge in [0.1, 0.15) is 5.82 Å². The van der Waals surface area contributed by atoms with Gasteiger partial charge in [-0.15, -0.1) is 0 Å². The molecule has 1 saturated heterocycles. The van der Waals surface area contributed by atoms with Crippen molar-refractivity contribution in [1.29, 1.82) is 0 Å². The molecule has 1 heterocycles. The van der Waals surface area contributed by atoms with Crippen LogP contribution in [0.15, 0.2) is 30.4 Å². The summed E-state index contributed by atoms with van der Waals surface area (Å²) in [5.74, 6) is -0.870. The average molecular weight is 313 g/mol. The smallest absolute Gasteiger partial charge is 0.338 e. The normalized spacial score (nSPS) is 24.5. The van der Waals surface area contributed by atoms with E-state index >= 15 is 0 Å². The second-order valence-corrected chi connectivity index (χ2v) is 5.90. The highest BCUT2D eigenvalue weighted by molar-refractivity contribution is 5.94. The number of allylic oxidation sites excluding steroid dienone is 2. The highest BCUT2D eigenvalue weighted by Gasteiger charge is 2.37. The summed E-state index contributed by atoms with van der Waals surface area (Å²) in [6, 6.07) is 2.01. The number of amides is 1. The number of rotatable bonds is 1. The van der Waals surface area contributed by atoms with E-state index < -0.39 is 23.5 Å². The maximum absolute atomic E-state index is 13.4. The zero-order chi connectivity index (χ0) is 15.9. The molecule has 0 aromatic heterocycles.